The minimum atomic E-state index is -0.231. The SMILES string of the molecule is CC(Cn1ccc(-c2ccc(C#N)c(Cl)c2)n1)NC(=O)c1csc(-c2cnn(C)c2)n1. The van der Waals surface area contributed by atoms with Gasteiger partial charge in [0.15, 0.2) is 0 Å². The predicted octanol–water partition coefficient (Wildman–Crippen LogP) is 3.75. The molecular formula is C21H18ClN7OS. The minimum Gasteiger partial charge on any atom is -0.346 e. The number of halogens is 1. The average Bonchev–Trinajstić information content (AvgIpc) is 3.48. The van der Waals surface area contributed by atoms with Crippen LogP contribution in [0.4, 0.5) is 0 Å². The molecule has 0 aliphatic heterocycles. The van der Waals surface area contributed by atoms with Gasteiger partial charge in [-0.25, -0.2) is 4.98 Å². The maximum absolute atomic E-state index is 12.6. The molecule has 4 rings (SSSR count). The van der Waals surface area contributed by atoms with Crippen molar-refractivity contribution in [3.63, 3.8) is 0 Å². The zero-order chi connectivity index (χ0) is 22.0. The number of nitrogens with one attached hydrogen (secondary N) is 1. The van der Waals surface area contributed by atoms with Gasteiger partial charge in [-0.1, -0.05) is 17.7 Å². The summed E-state index contributed by atoms with van der Waals surface area (Å²) in [5.41, 5.74) is 3.25. The molecule has 31 heavy (non-hydrogen) atoms. The first-order valence-corrected chi connectivity index (χ1v) is 10.7. The molecule has 1 amide bonds. The highest BCUT2D eigenvalue weighted by Gasteiger charge is 2.16. The lowest BCUT2D eigenvalue weighted by Crippen LogP contribution is -2.36. The molecule has 0 aliphatic carbocycles. The number of nitrogens with zero attached hydrogens (tertiary/aromatic N) is 6. The Bertz CT molecular complexity index is 1280. The van der Waals surface area contributed by atoms with E-state index in [0.717, 1.165) is 21.8 Å². The largest absolute Gasteiger partial charge is 0.346 e. The fourth-order valence-electron chi connectivity index (χ4n) is 3.05. The summed E-state index contributed by atoms with van der Waals surface area (Å²) in [6.45, 7) is 2.40. The molecule has 3 aromatic heterocycles. The molecule has 0 aliphatic rings. The molecule has 156 valence electrons. The fraction of sp³-hybridized carbons (Fsp3) is 0.190. The summed E-state index contributed by atoms with van der Waals surface area (Å²) in [5, 5.41) is 23.5. The number of carbonyl (C=O) groups is 1. The third kappa shape index (κ3) is 4.66. The topological polar surface area (TPSA) is 101 Å². The maximum Gasteiger partial charge on any atom is 0.271 e. The summed E-state index contributed by atoms with van der Waals surface area (Å²) in [6.07, 6.45) is 5.42. The summed E-state index contributed by atoms with van der Waals surface area (Å²) < 4.78 is 3.46. The predicted molar refractivity (Wildman–Crippen MR) is 119 cm³/mol. The Balaban J connectivity index is 1.39. The highest BCUT2D eigenvalue weighted by atomic mass is 35.5. The van der Waals surface area contributed by atoms with Gasteiger partial charge < -0.3 is 5.32 Å². The summed E-state index contributed by atoms with van der Waals surface area (Å²) in [6, 6.07) is 8.96. The second-order valence-corrected chi connectivity index (χ2v) is 8.31. The number of aryl methyl sites for hydroxylation is 1. The number of hydrogen-bond donors (Lipinski definition) is 1. The molecule has 0 spiro atoms. The first-order valence-electron chi connectivity index (χ1n) is 9.42. The number of rotatable bonds is 6. The quantitative estimate of drug-likeness (QED) is 0.481. The van der Waals surface area contributed by atoms with Crippen molar-refractivity contribution >= 4 is 28.8 Å². The molecule has 1 aromatic carbocycles. The zero-order valence-corrected chi connectivity index (χ0v) is 18.4. The average molecular weight is 452 g/mol. The second kappa shape index (κ2) is 8.71. The zero-order valence-electron chi connectivity index (χ0n) is 16.8. The second-order valence-electron chi connectivity index (χ2n) is 7.04. The molecule has 3 heterocycles. The van der Waals surface area contributed by atoms with E-state index in [2.05, 4.69) is 20.5 Å². The molecule has 0 saturated carbocycles. The van der Waals surface area contributed by atoms with Gasteiger partial charge in [-0.2, -0.15) is 15.5 Å². The van der Waals surface area contributed by atoms with Gasteiger partial charge in [0.05, 0.1) is 29.0 Å². The molecule has 1 atom stereocenters. The summed E-state index contributed by atoms with van der Waals surface area (Å²) in [5.74, 6) is -0.231. The monoisotopic (exact) mass is 451 g/mol. The number of amides is 1. The van der Waals surface area contributed by atoms with E-state index in [0.29, 0.717) is 22.8 Å². The van der Waals surface area contributed by atoms with Crippen molar-refractivity contribution in [3.8, 4) is 27.9 Å². The molecule has 1 N–H and O–H groups in total. The lowest BCUT2D eigenvalue weighted by molar-refractivity contribution is 0.0931. The number of benzene rings is 1. The molecule has 8 nitrogen and oxygen atoms in total. The van der Waals surface area contributed by atoms with Crippen molar-refractivity contribution < 1.29 is 4.79 Å². The van der Waals surface area contributed by atoms with Gasteiger partial charge in [0.2, 0.25) is 0 Å². The molecule has 10 heteroatoms. The third-order valence-electron chi connectivity index (χ3n) is 4.55. The van der Waals surface area contributed by atoms with Crippen molar-refractivity contribution in [2.75, 3.05) is 0 Å². The van der Waals surface area contributed by atoms with Crippen molar-refractivity contribution in [2.24, 2.45) is 7.05 Å². The van der Waals surface area contributed by atoms with Crippen LogP contribution in [0.5, 0.6) is 0 Å². The van der Waals surface area contributed by atoms with Crippen LogP contribution in [0.1, 0.15) is 23.0 Å². The van der Waals surface area contributed by atoms with Gasteiger partial charge >= 0.3 is 0 Å². The van der Waals surface area contributed by atoms with E-state index < -0.39 is 0 Å². The van der Waals surface area contributed by atoms with E-state index in [1.165, 1.54) is 11.3 Å². The third-order valence-corrected chi connectivity index (χ3v) is 5.76. The molecule has 1 unspecified atom stereocenters. The Morgan fingerprint density at radius 2 is 2.19 bits per heavy atom. The van der Waals surface area contributed by atoms with Crippen LogP contribution in [-0.4, -0.2) is 36.5 Å². The van der Waals surface area contributed by atoms with E-state index >= 15 is 0 Å². The van der Waals surface area contributed by atoms with E-state index in [1.807, 2.05) is 44.6 Å². The Kier molecular flexibility index (Phi) is 5.84. The van der Waals surface area contributed by atoms with E-state index in [1.54, 1.807) is 33.1 Å². The highest BCUT2D eigenvalue weighted by Crippen LogP contribution is 2.24. The highest BCUT2D eigenvalue weighted by molar-refractivity contribution is 7.13. The van der Waals surface area contributed by atoms with Crippen LogP contribution in [0.25, 0.3) is 21.8 Å². The van der Waals surface area contributed by atoms with Crippen LogP contribution in [0.15, 0.2) is 48.2 Å². The number of carbonyl (C=O) groups excluding carboxylic acids is 1. The van der Waals surface area contributed by atoms with Crippen LogP contribution >= 0.6 is 22.9 Å². The van der Waals surface area contributed by atoms with Crippen molar-refractivity contribution in [1.29, 1.82) is 5.26 Å². The van der Waals surface area contributed by atoms with Gasteiger partial charge in [-0.15, -0.1) is 11.3 Å². The lowest BCUT2D eigenvalue weighted by atomic mass is 10.1. The molecule has 0 fully saturated rings. The summed E-state index contributed by atoms with van der Waals surface area (Å²) in [4.78, 5) is 17.0. The molecule has 4 aromatic rings. The molecule has 0 radical (unpaired) electrons. The van der Waals surface area contributed by atoms with Crippen LogP contribution in [0, 0.1) is 11.3 Å². The fourth-order valence-corrected chi connectivity index (χ4v) is 4.05. The number of hydrogen-bond acceptors (Lipinski definition) is 6. The normalized spacial score (nSPS) is 11.8. The van der Waals surface area contributed by atoms with E-state index in [-0.39, 0.29) is 11.9 Å². The lowest BCUT2D eigenvalue weighted by Gasteiger charge is -2.13. The Morgan fingerprint density at radius 1 is 1.35 bits per heavy atom. The summed E-state index contributed by atoms with van der Waals surface area (Å²) >= 11 is 7.52. The van der Waals surface area contributed by atoms with Crippen molar-refractivity contribution in [1.82, 2.24) is 29.9 Å². The minimum absolute atomic E-state index is 0.159. The maximum atomic E-state index is 12.6. The van der Waals surface area contributed by atoms with E-state index in [9.17, 15) is 4.79 Å². The molecule has 0 bridgehead atoms. The van der Waals surface area contributed by atoms with Gasteiger partial charge in [-0.3, -0.25) is 14.2 Å². The van der Waals surface area contributed by atoms with Crippen molar-refractivity contribution in [3.05, 3.63) is 64.5 Å². The Hall–Kier alpha value is -3.48. The van der Waals surface area contributed by atoms with Gasteiger partial charge in [0, 0.05) is 42.0 Å². The van der Waals surface area contributed by atoms with E-state index in [4.69, 9.17) is 16.9 Å². The molecule has 0 saturated heterocycles. The van der Waals surface area contributed by atoms with Gasteiger partial charge in [0.25, 0.3) is 5.91 Å². The van der Waals surface area contributed by atoms with Crippen molar-refractivity contribution in [2.45, 2.75) is 19.5 Å². The smallest absolute Gasteiger partial charge is 0.271 e. The van der Waals surface area contributed by atoms with Crippen LogP contribution in [0.3, 0.4) is 0 Å². The Morgan fingerprint density at radius 3 is 2.90 bits per heavy atom. The number of nitriles is 1. The van der Waals surface area contributed by atoms with Gasteiger partial charge in [-0.05, 0) is 25.1 Å². The standard InChI is InChI=1S/C21H18ClN7OS/c1-13(25-20(30)19-12-31-21(26-19)16-9-24-28(2)11-16)10-29-6-5-18(27-29)14-3-4-15(8-23)17(22)7-14/h3-7,9,11-13H,10H2,1-2H3,(H,25,30). The van der Waals surface area contributed by atoms with Gasteiger partial charge in [0.1, 0.15) is 16.8 Å². The first kappa shape index (κ1) is 20.8. The van der Waals surface area contributed by atoms with Crippen LogP contribution < -0.4 is 5.32 Å². The Labute approximate surface area is 187 Å². The van der Waals surface area contributed by atoms with Crippen LogP contribution in [-0.2, 0) is 13.6 Å². The molecular weight excluding hydrogens is 434 g/mol. The van der Waals surface area contributed by atoms with Crippen LogP contribution in [0.2, 0.25) is 5.02 Å². The summed E-state index contributed by atoms with van der Waals surface area (Å²) in [7, 11) is 1.84. The first-order chi connectivity index (χ1) is 14.9. The number of aromatic nitrogens is 5. The number of thiazole rings is 1.